The minimum atomic E-state index is -0.401. The highest BCUT2D eigenvalue weighted by Crippen LogP contribution is 2.13. The summed E-state index contributed by atoms with van der Waals surface area (Å²) in [6.07, 6.45) is 2.26. The molecule has 96 valence electrons. The molecule has 0 spiro atoms. The van der Waals surface area contributed by atoms with E-state index < -0.39 is 6.04 Å². The summed E-state index contributed by atoms with van der Waals surface area (Å²) in [7, 11) is 0. The number of hydrogen-bond donors (Lipinski definition) is 1. The van der Waals surface area contributed by atoms with Crippen LogP contribution in [0.3, 0.4) is 0 Å². The second kappa shape index (κ2) is 5.12. The van der Waals surface area contributed by atoms with Gasteiger partial charge in [-0.05, 0) is 19.4 Å². The van der Waals surface area contributed by atoms with Crippen LogP contribution in [0.4, 0.5) is 0 Å². The zero-order chi connectivity index (χ0) is 13.1. The first-order valence-corrected chi connectivity index (χ1v) is 5.97. The Bertz CT molecular complexity index is 475. The Morgan fingerprint density at radius 3 is 2.94 bits per heavy atom. The van der Waals surface area contributed by atoms with E-state index in [4.69, 9.17) is 0 Å². The van der Waals surface area contributed by atoms with Crippen LogP contribution in [0.5, 0.6) is 0 Å². The third kappa shape index (κ3) is 2.47. The molecule has 1 N–H and O–H groups in total. The molecule has 2 rings (SSSR count). The van der Waals surface area contributed by atoms with Crippen LogP contribution in [0, 0.1) is 6.92 Å². The number of nitrogens with one attached hydrogen (secondary N) is 1. The van der Waals surface area contributed by atoms with Crippen molar-refractivity contribution in [3.63, 3.8) is 0 Å². The van der Waals surface area contributed by atoms with Crippen molar-refractivity contribution >= 4 is 11.8 Å². The quantitative estimate of drug-likeness (QED) is 0.818. The highest BCUT2D eigenvalue weighted by Gasteiger charge is 2.33. The molecule has 6 nitrogen and oxygen atoms in total. The van der Waals surface area contributed by atoms with Crippen molar-refractivity contribution in [3.05, 3.63) is 23.8 Å². The predicted octanol–water partition coefficient (Wildman–Crippen LogP) is 0.0220. The van der Waals surface area contributed by atoms with Gasteiger partial charge < -0.3 is 10.2 Å². The highest BCUT2D eigenvalue weighted by molar-refractivity contribution is 5.94. The number of piperazine rings is 1. The summed E-state index contributed by atoms with van der Waals surface area (Å²) in [6.45, 7) is 4.11. The molecule has 0 radical (unpaired) electrons. The van der Waals surface area contributed by atoms with Crippen LogP contribution in [0.2, 0.25) is 0 Å². The molecule has 1 aromatic heterocycles. The number of aryl methyl sites for hydroxylation is 1. The lowest BCUT2D eigenvalue weighted by Crippen LogP contribution is -2.57. The molecule has 0 aliphatic carbocycles. The van der Waals surface area contributed by atoms with E-state index in [1.807, 2.05) is 6.92 Å². The Balaban J connectivity index is 2.19. The molecule has 0 aromatic carbocycles. The van der Waals surface area contributed by atoms with Gasteiger partial charge in [-0.3, -0.25) is 9.59 Å². The van der Waals surface area contributed by atoms with Crippen molar-refractivity contribution in [3.8, 4) is 0 Å². The zero-order valence-electron chi connectivity index (χ0n) is 10.5. The SMILES string of the molecule is CCC1C(=O)NCC(=O)N1Cc1ccnc(C)n1. The summed E-state index contributed by atoms with van der Waals surface area (Å²) in [5.74, 6) is 0.495. The molecule has 1 aromatic rings. The van der Waals surface area contributed by atoms with Gasteiger partial charge >= 0.3 is 0 Å². The molecule has 1 unspecified atom stereocenters. The normalized spacial score (nSPS) is 19.9. The Morgan fingerprint density at radius 1 is 1.50 bits per heavy atom. The van der Waals surface area contributed by atoms with Crippen LogP contribution in [0.15, 0.2) is 12.3 Å². The standard InChI is InChI=1S/C12H16N4O2/c1-3-10-12(18)14-6-11(17)16(10)7-9-4-5-13-8(2)15-9/h4-5,10H,3,6-7H2,1-2H3,(H,14,18). The van der Waals surface area contributed by atoms with Gasteiger partial charge in [-0.15, -0.1) is 0 Å². The lowest BCUT2D eigenvalue weighted by atomic mass is 10.1. The lowest BCUT2D eigenvalue weighted by molar-refractivity contribution is -0.146. The maximum Gasteiger partial charge on any atom is 0.243 e. The van der Waals surface area contributed by atoms with Gasteiger partial charge in [0, 0.05) is 6.20 Å². The van der Waals surface area contributed by atoms with Crippen molar-refractivity contribution in [2.45, 2.75) is 32.9 Å². The van der Waals surface area contributed by atoms with Gasteiger partial charge in [0.15, 0.2) is 0 Å². The molecule has 0 bridgehead atoms. The monoisotopic (exact) mass is 248 g/mol. The van der Waals surface area contributed by atoms with E-state index in [-0.39, 0.29) is 18.4 Å². The van der Waals surface area contributed by atoms with E-state index in [1.54, 1.807) is 24.1 Å². The molecule has 2 heterocycles. The molecular formula is C12H16N4O2. The Hall–Kier alpha value is -1.98. The number of carbonyl (C=O) groups excluding carboxylic acids is 2. The number of rotatable bonds is 3. The molecule has 1 saturated heterocycles. The van der Waals surface area contributed by atoms with E-state index >= 15 is 0 Å². The van der Waals surface area contributed by atoms with Crippen molar-refractivity contribution in [1.29, 1.82) is 0 Å². The molecule has 0 saturated carbocycles. The Kier molecular flexibility index (Phi) is 3.55. The van der Waals surface area contributed by atoms with Crippen molar-refractivity contribution in [2.75, 3.05) is 6.54 Å². The van der Waals surface area contributed by atoms with Crippen molar-refractivity contribution < 1.29 is 9.59 Å². The van der Waals surface area contributed by atoms with E-state index in [2.05, 4.69) is 15.3 Å². The molecule has 1 aliphatic heterocycles. The zero-order valence-corrected chi connectivity index (χ0v) is 10.5. The maximum absolute atomic E-state index is 11.9. The van der Waals surface area contributed by atoms with Gasteiger partial charge in [-0.2, -0.15) is 0 Å². The first kappa shape index (κ1) is 12.5. The Labute approximate surface area is 105 Å². The molecule has 1 atom stereocenters. The molecule has 1 fully saturated rings. The summed E-state index contributed by atoms with van der Waals surface area (Å²) in [5, 5.41) is 2.60. The highest BCUT2D eigenvalue weighted by atomic mass is 16.2. The van der Waals surface area contributed by atoms with E-state index in [1.165, 1.54) is 0 Å². The van der Waals surface area contributed by atoms with E-state index in [0.717, 1.165) is 5.69 Å². The molecule has 1 aliphatic rings. The van der Waals surface area contributed by atoms with E-state index in [0.29, 0.717) is 18.8 Å². The van der Waals surface area contributed by atoms with Gasteiger partial charge in [-0.1, -0.05) is 6.92 Å². The first-order chi connectivity index (χ1) is 8.61. The summed E-state index contributed by atoms with van der Waals surface area (Å²) >= 11 is 0. The average Bonchev–Trinajstić information content (AvgIpc) is 2.34. The minimum Gasteiger partial charge on any atom is -0.345 e. The van der Waals surface area contributed by atoms with Gasteiger partial charge in [0.25, 0.3) is 0 Å². The van der Waals surface area contributed by atoms with Crippen LogP contribution in [-0.4, -0.2) is 39.3 Å². The largest absolute Gasteiger partial charge is 0.345 e. The van der Waals surface area contributed by atoms with Crippen LogP contribution in [0.1, 0.15) is 24.9 Å². The topological polar surface area (TPSA) is 75.2 Å². The first-order valence-electron chi connectivity index (χ1n) is 5.97. The van der Waals surface area contributed by atoms with Gasteiger partial charge in [0.2, 0.25) is 11.8 Å². The molecular weight excluding hydrogens is 232 g/mol. The fourth-order valence-electron chi connectivity index (χ4n) is 2.07. The number of nitrogens with zero attached hydrogens (tertiary/aromatic N) is 3. The molecule has 6 heteroatoms. The van der Waals surface area contributed by atoms with Gasteiger partial charge in [0.05, 0.1) is 18.8 Å². The number of aromatic nitrogens is 2. The summed E-state index contributed by atoms with van der Waals surface area (Å²) in [5.41, 5.74) is 0.754. The van der Waals surface area contributed by atoms with E-state index in [9.17, 15) is 9.59 Å². The summed E-state index contributed by atoms with van der Waals surface area (Å²) in [6, 6.07) is 1.36. The Morgan fingerprint density at radius 2 is 2.28 bits per heavy atom. The fraction of sp³-hybridized carbons (Fsp3) is 0.500. The smallest absolute Gasteiger partial charge is 0.243 e. The van der Waals surface area contributed by atoms with Crippen molar-refractivity contribution in [1.82, 2.24) is 20.2 Å². The summed E-state index contributed by atoms with van der Waals surface area (Å²) in [4.78, 5) is 33.4. The average molecular weight is 248 g/mol. The third-order valence-electron chi connectivity index (χ3n) is 2.97. The van der Waals surface area contributed by atoms with Crippen LogP contribution in [0.25, 0.3) is 0 Å². The number of amides is 2. The second-order valence-corrected chi connectivity index (χ2v) is 4.26. The number of hydrogen-bond acceptors (Lipinski definition) is 4. The maximum atomic E-state index is 11.9. The fourth-order valence-corrected chi connectivity index (χ4v) is 2.07. The second-order valence-electron chi connectivity index (χ2n) is 4.26. The lowest BCUT2D eigenvalue weighted by Gasteiger charge is -2.34. The van der Waals surface area contributed by atoms with Crippen LogP contribution >= 0.6 is 0 Å². The predicted molar refractivity (Wildman–Crippen MR) is 64.4 cm³/mol. The van der Waals surface area contributed by atoms with Gasteiger partial charge in [0.1, 0.15) is 11.9 Å². The summed E-state index contributed by atoms with van der Waals surface area (Å²) < 4.78 is 0. The molecule has 2 amide bonds. The number of carbonyl (C=O) groups is 2. The third-order valence-corrected chi connectivity index (χ3v) is 2.97. The van der Waals surface area contributed by atoms with Crippen LogP contribution in [-0.2, 0) is 16.1 Å². The van der Waals surface area contributed by atoms with Crippen molar-refractivity contribution in [2.24, 2.45) is 0 Å². The molecule has 18 heavy (non-hydrogen) atoms. The minimum absolute atomic E-state index is 0.0688. The van der Waals surface area contributed by atoms with Crippen LogP contribution < -0.4 is 5.32 Å². The van der Waals surface area contributed by atoms with Gasteiger partial charge in [-0.25, -0.2) is 9.97 Å².